The van der Waals surface area contributed by atoms with Crippen LogP contribution in [0.1, 0.15) is 27.7 Å². The van der Waals surface area contributed by atoms with Gasteiger partial charge in [0.15, 0.2) is 0 Å². The van der Waals surface area contributed by atoms with Crippen LogP contribution in [0.3, 0.4) is 0 Å². The first-order valence-electron chi connectivity index (χ1n) is 3.64. The van der Waals surface area contributed by atoms with Crippen molar-refractivity contribution in [3.63, 3.8) is 0 Å². The molecule has 0 amide bonds. The van der Waals surface area contributed by atoms with Gasteiger partial charge in [0.2, 0.25) is 0 Å². The first-order valence-corrected chi connectivity index (χ1v) is 3.64. The molecule has 0 aromatic rings. The SMILES string of the molecule is CC[N+](C)(C)C(C)(C)C. The maximum Gasteiger partial charge on any atom is 0.0903 e. The van der Waals surface area contributed by atoms with Crippen molar-refractivity contribution in [2.45, 2.75) is 33.2 Å². The Morgan fingerprint density at radius 2 is 1.44 bits per heavy atom. The zero-order valence-electron chi connectivity index (χ0n) is 7.65. The number of rotatable bonds is 1. The van der Waals surface area contributed by atoms with Crippen LogP contribution < -0.4 is 0 Å². The van der Waals surface area contributed by atoms with Crippen LogP contribution >= 0.6 is 0 Å². The van der Waals surface area contributed by atoms with Crippen molar-refractivity contribution in [1.82, 2.24) is 0 Å². The average Bonchev–Trinajstić information content (AvgIpc) is 1.64. The zero-order valence-corrected chi connectivity index (χ0v) is 7.65. The Labute approximate surface area is 59.3 Å². The highest BCUT2D eigenvalue weighted by Crippen LogP contribution is 2.17. The molecule has 56 valence electrons. The van der Waals surface area contributed by atoms with Crippen molar-refractivity contribution in [3.8, 4) is 0 Å². The Kier molecular flexibility index (Phi) is 2.29. The quantitative estimate of drug-likeness (QED) is 0.475. The van der Waals surface area contributed by atoms with E-state index >= 15 is 0 Å². The number of hydrogen-bond acceptors (Lipinski definition) is 0. The third-order valence-corrected chi connectivity index (χ3v) is 2.61. The lowest BCUT2D eigenvalue weighted by molar-refractivity contribution is -0.934. The van der Waals surface area contributed by atoms with Crippen LogP contribution in [0, 0.1) is 0 Å². The first-order chi connectivity index (χ1) is 3.81. The van der Waals surface area contributed by atoms with Crippen LogP contribution in [-0.4, -0.2) is 30.7 Å². The van der Waals surface area contributed by atoms with Crippen molar-refractivity contribution in [2.75, 3.05) is 20.6 Å². The van der Waals surface area contributed by atoms with Gasteiger partial charge in [-0.1, -0.05) is 0 Å². The third-order valence-electron chi connectivity index (χ3n) is 2.61. The monoisotopic (exact) mass is 130 g/mol. The van der Waals surface area contributed by atoms with Crippen molar-refractivity contribution in [3.05, 3.63) is 0 Å². The van der Waals surface area contributed by atoms with E-state index in [2.05, 4.69) is 41.8 Å². The molecular weight excluding hydrogens is 110 g/mol. The highest BCUT2D eigenvalue weighted by Gasteiger charge is 2.28. The summed E-state index contributed by atoms with van der Waals surface area (Å²) < 4.78 is 1.09. The van der Waals surface area contributed by atoms with Crippen molar-refractivity contribution >= 4 is 0 Å². The molecule has 0 aliphatic heterocycles. The predicted molar refractivity (Wildman–Crippen MR) is 42.4 cm³/mol. The van der Waals surface area contributed by atoms with Gasteiger partial charge in [0.05, 0.1) is 26.2 Å². The maximum absolute atomic E-state index is 2.27. The summed E-state index contributed by atoms with van der Waals surface area (Å²) >= 11 is 0. The number of quaternary nitrogens is 1. The second kappa shape index (κ2) is 2.30. The minimum absolute atomic E-state index is 0.384. The molecule has 0 unspecified atom stereocenters. The van der Waals surface area contributed by atoms with E-state index < -0.39 is 0 Å². The van der Waals surface area contributed by atoms with Gasteiger partial charge in [-0.2, -0.15) is 0 Å². The second-order valence-corrected chi connectivity index (χ2v) is 4.17. The largest absolute Gasteiger partial charge is 0.325 e. The fraction of sp³-hybridized carbons (Fsp3) is 1.00. The molecule has 0 bridgehead atoms. The van der Waals surface area contributed by atoms with Crippen molar-refractivity contribution in [2.24, 2.45) is 0 Å². The fourth-order valence-corrected chi connectivity index (χ4v) is 0.474. The summed E-state index contributed by atoms with van der Waals surface area (Å²) in [7, 11) is 4.53. The zero-order chi connectivity index (χ0) is 7.71. The van der Waals surface area contributed by atoms with E-state index in [1.54, 1.807) is 0 Å². The molecule has 9 heavy (non-hydrogen) atoms. The summed E-state index contributed by atoms with van der Waals surface area (Å²) in [5.41, 5.74) is 0.384. The van der Waals surface area contributed by atoms with E-state index in [1.807, 2.05) is 0 Å². The highest BCUT2D eigenvalue weighted by atomic mass is 15.3. The Balaban J connectivity index is 4.14. The molecule has 0 aromatic heterocycles. The average molecular weight is 130 g/mol. The normalized spacial score (nSPS) is 14.0. The highest BCUT2D eigenvalue weighted by molar-refractivity contribution is 4.58. The van der Waals surface area contributed by atoms with Gasteiger partial charge in [-0.15, -0.1) is 0 Å². The van der Waals surface area contributed by atoms with E-state index in [4.69, 9.17) is 0 Å². The topological polar surface area (TPSA) is 0 Å². The standard InChI is InChI=1S/C8H20N/c1-7-9(5,6)8(2,3)4/h7H2,1-6H3/q+1. The summed E-state index contributed by atoms with van der Waals surface area (Å²) in [4.78, 5) is 0. The molecule has 0 saturated heterocycles. The maximum atomic E-state index is 2.27. The summed E-state index contributed by atoms with van der Waals surface area (Å²) in [6.45, 7) is 10.2. The van der Waals surface area contributed by atoms with Gasteiger partial charge < -0.3 is 4.48 Å². The molecule has 0 saturated carbocycles. The van der Waals surface area contributed by atoms with Crippen molar-refractivity contribution < 1.29 is 4.48 Å². The van der Waals surface area contributed by atoms with Gasteiger partial charge in [0.25, 0.3) is 0 Å². The van der Waals surface area contributed by atoms with E-state index in [9.17, 15) is 0 Å². The molecule has 0 atom stereocenters. The Morgan fingerprint density at radius 3 is 1.44 bits per heavy atom. The first kappa shape index (κ1) is 8.96. The van der Waals surface area contributed by atoms with Crippen LogP contribution in [0.15, 0.2) is 0 Å². The minimum atomic E-state index is 0.384. The van der Waals surface area contributed by atoms with E-state index in [0.29, 0.717) is 5.54 Å². The number of hydrogen-bond donors (Lipinski definition) is 0. The summed E-state index contributed by atoms with van der Waals surface area (Å²) in [6.07, 6.45) is 0. The molecule has 0 spiro atoms. The van der Waals surface area contributed by atoms with Crippen LogP contribution in [0.4, 0.5) is 0 Å². The van der Waals surface area contributed by atoms with E-state index in [0.717, 1.165) is 4.48 Å². The van der Waals surface area contributed by atoms with E-state index in [1.165, 1.54) is 6.54 Å². The molecular formula is C8H20N+. The predicted octanol–water partition coefficient (Wildman–Crippen LogP) is 1.88. The summed E-state index contributed by atoms with van der Waals surface area (Å²) in [5, 5.41) is 0. The lowest BCUT2D eigenvalue weighted by Gasteiger charge is -2.41. The van der Waals surface area contributed by atoms with Crippen LogP contribution in [-0.2, 0) is 0 Å². The fourth-order valence-electron chi connectivity index (χ4n) is 0.474. The summed E-state index contributed by atoms with van der Waals surface area (Å²) in [6, 6.07) is 0. The van der Waals surface area contributed by atoms with E-state index in [-0.39, 0.29) is 0 Å². The molecule has 1 heteroatoms. The summed E-state index contributed by atoms with van der Waals surface area (Å²) in [5.74, 6) is 0. The third kappa shape index (κ3) is 1.98. The molecule has 0 aromatic carbocycles. The van der Waals surface area contributed by atoms with Gasteiger partial charge in [0, 0.05) is 0 Å². The van der Waals surface area contributed by atoms with Gasteiger partial charge in [0.1, 0.15) is 0 Å². The van der Waals surface area contributed by atoms with Crippen molar-refractivity contribution in [1.29, 1.82) is 0 Å². The molecule has 0 aliphatic carbocycles. The molecule has 0 rings (SSSR count). The van der Waals surface area contributed by atoms with Gasteiger partial charge in [-0.25, -0.2) is 0 Å². The Hall–Kier alpha value is -0.0400. The minimum Gasteiger partial charge on any atom is -0.325 e. The lowest BCUT2D eigenvalue weighted by atomic mass is 10.0. The molecule has 0 heterocycles. The van der Waals surface area contributed by atoms with Gasteiger partial charge >= 0.3 is 0 Å². The number of nitrogens with zero attached hydrogens (tertiary/aromatic N) is 1. The molecule has 0 radical (unpaired) electrons. The van der Waals surface area contributed by atoms with Crippen LogP contribution in [0.2, 0.25) is 0 Å². The van der Waals surface area contributed by atoms with Gasteiger partial charge in [-0.05, 0) is 27.7 Å². The molecule has 1 nitrogen and oxygen atoms in total. The van der Waals surface area contributed by atoms with Gasteiger partial charge in [-0.3, -0.25) is 0 Å². The van der Waals surface area contributed by atoms with Crippen LogP contribution in [0.5, 0.6) is 0 Å². The molecule has 0 N–H and O–H groups in total. The second-order valence-electron chi connectivity index (χ2n) is 4.17. The molecule has 0 aliphatic rings. The lowest BCUT2D eigenvalue weighted by Crippen LogP contribution is -2.53. The Bertz CT molecular complexity index is 87.2. The molecule has 0 fully saturated rings. The smallest absolute Gasteiger partial charge is 0.0903 e. The Morgan fingerprint density at radius 1 is 1.11 bits per heavy atom. The van der Waals surface area contributed by atoms with Crippen LogP contribution in [0.25, 0.3) is 0 Å².